The van der Waals surface area contributed by atoms with Crippen molar-refractivity contribution in [3.63, 3.8) is 0 Å². The molecule has 182 valence electrons. The van der Waals surface area contributed by atoms with Crippen LogP contribution in [0, 0.1) is 27.4 Å². The molecule has 0 bridgehead atoms. The summed E-state index contributed by atoms with van der Waals surface area (Å²) in [6.45, 7) is 0.00478. The maximum absolute atomic E-state index is 13.3. The number of hydrogen-bond donors (Lipinski definition) is 2. The predicted octanol–water partition coefficient (Wildman–Crippen LogP) is 2.65. The number of pyridine rings is 1. The summed E-state index contributed by atoms with van der Waals surface area (Å²) in [5, 5.41) is 21.5. The highest BCUT2D eigenvalue weighted by Gasteiger charge is 2.33. The minimum atomic E-state index is -4.29. The number of nitro benzene ring substituents is 1. The molecule has 35 heavy (non-hydrogen) atoms. The molecule has 1 aromatic heterocycles. The summed E-state index contributed by atoms with van der Waals surface area (Å²) >= 11 is 0. The highest BCUT2D eigenvalue weighted by molar-refractivity contribution is 7.89. The maximum atomic E-state index is 13.3. The number of benzene rings is 2. The molecule has 3 N–H and O–H groups in total. The van der Waals surface area contributed by atoms with Crippen LogP contribution in [0.4, 0.5) is 5.69 Å². The van der Waals surface area contributed by atoms with Gasteiger partial charge < -0.3 is 10.3 Å². The minimum absolute atomic E-state index is 0.00478. The van der Waals surface area contributed by atoms with Crippen molar-refractivity contribution in [2.75, 3.05) is 0 Å². The van der Waals surface area contributed by atoms with Gasteiger partial charge in [-0.15, -0.1) is 0 Å². The van der Waals surface area contributed by atoms with Crippen molar-refractivity contribution in [2.45, 2.75) is 49.2 Å². The van der Waals surface area contributed by atoms with E-state index < -0.39 is 31.6 Å². The molecule has 1 atom stereocenters. The summed E-state index contributed by atoms with van der Waals surface area (Å²) in [7, 11) is -4.29. The zero-order valence-electron chi connectivity index (χ0n) is 18.8. The predicted molar refractivity (Wildman–Crippen MR) is 130 cm³/mol. The van der Waals surface area contributed by atoms with Crippen molar-refractivity contribution in [2.24, 2.45) is 11.7 Å². The van der Waals surface area contributed by atoms with Crippen LogP contribution in [-0.2, 0) is 16.6 Å². The number of para-hydroxylation sites is 1. The van der Waals surface area contributed by atoms with Crippen LogP contribution in [0.3, 0.4) is 0 Å². The smallest absolute Gasteiger partial charge is 0.289 e. The first kappa shape index (κ1) is 24.5. The molecule has 2 aromatic carbocycles. The number of rotatable bonds is 7. The first-order valence-electron chi connectivity index (χ1n) is 11.2. The molecule has 10 nitrogen and oxygen atoms in total. The van der Waals surface area contributed by atoms with E-state index in [0.717, 1.165) is 11.5 Å². The van der Waals surface area contributed by atoms with E-state index in [0.29, 0.717) is 36.8 Å². The van der Waals surface area contributed by atoms with Gasteiger partial charge in [0.1, 0.15) is 0 Å². The second kappa shape index (κ2) is 9.95. The lowest BCUT2D eigenvalue weighted by Gasteiger charge is -2.33. The molecule has 0 amide bonds. The van der Waals surface area contributed by atoms with Gasteiger partial charge in [-0.3, -0.25) is 14.9 Å². The third-order valence-corrected chi connectivity index (χ3v) is 8.08. The fourth-order valence-corrected chi connectivity index (χ4v) is 6.14. The van der Waals surface area contributed by atoms with Crippen LogP contribution in [0.5, 0.6) is 0 Å². The number of nitrogens with one attached hydrogen (secondary N) is 1. The molecule has 11 heteroatoms. The zero-order chi connectivity index (χ0) is 25.2. The second-order valence-corrected chi connectivity index (χ2v) is 10.5. The number of hydrogen-bond acceptors (Lipinski definition) is 7. The Morgan fingerprint density at radius 3 is 2.51 bits per heavy atom. The lowest BCUT2D eigenvalue weighted by molar-refractivity contribution is -0.387. The highest BCUT2D eigenvalue weighted by atomic mass is 32.2. The van der Waals surface area contributed by atoms with E-state index in [9.17, 15) is 28.6 Å². The van der Waals surface area contributed by atoms with Gasteiger partial charge in [-0.2, -0.15) is 5.26 Å². The monoisotopic (exact) mass is 495 g/mol. The minimum Gasteiger partial charge on any atom is -0.328 e. The Morgan fingerprint density at radius 2 is 1.83 bits per heavy atom. The summed E-state index contributed by atoms with van der Waals surface area (Å²) in [6, 6.07) is 14.6. The van der Waals surface area contributed by atoms with Gasteiger partial charge in [0.2, 0.25) is 10.0 Å². The summed E-state index contributed by atoms with van der Waals surface area (Å²) < 4.78 is 30.8. The molecule has 3 aromatic rings. The lowest BCUT2D eigenvalue weighted by Crippen LogP contribution is -2.46. The molecule has 0 aliphatic heterocycles. The first-order valence-corrected chi connectivity index (χ1v) is 12.7. The Morgan fingerprint density at radius 1 is 1.14 bits per heavy atom. The van der Waals surface area contributed by atoms with Gasteiger partial charge in [0.25, 0.3) is 11.2 Å². The van der Waals surface area contributed by atoms with Crippen LogP contribution in [0.2, 0.25) is 0 Å². The molecule has 1 heterocycles. The maximum Gasteiger partial charge on any atom is 0.289 e. The van der Waals surface area contributed by atoms with E-state index in [2.05, 4.69) is 10.8 Å². The van der Waals surface area contributed by atoms with Crippen molar-refractivity contribution >= 4 is 26.6 Å². The lowest BCUT2D eigenvalue weighted by atomic mass is 9.82. The van der Waals surface area contributed by atoms with Crippen molar-refractivity contribution in [3.8, 4) is 6.07 Å². The molecule has 1 fully saturated rings. The number of nitrogens with zero attached hydrogens (tertiary/aromatic N) is 3. The van der Waals surface area contributed by atoms with Crippen LogP contribution in [0.15, 0.2) is 64.3 Å². The Bertz CT molecular complexity index is 1470. The van der Waals surface area contributed by atoms with Gasteiger partial charge in [0.15, 0.2) is 4.90 Å². The third kappa shape index (κ3) is 5.24. The topological polar surface area (TPSA) is 161 Å². The summed E-state index contributed by atoms with van der Waals surface area (Å²) in [4.78, 5) is 23.2. The Balaban J connectivity index is 1.77. The number of nitro groups is 1. The Labute approximate surface area is 202 Å². The Kier molecular flexibility index (Phi) is 6.98. The molecule has 0 spiro atoms. The van der Waals surface area contributed by atoms with Crippen molar-refractivity contribution < 1.29 is 13.3 Å². The van der Waals surface area contributed by atoms with Crippen LogP contribution in [0.25, 0.3) is 10.9 Å². The molecule has 4 rings (SSSR count). The van der Waals surface area contributed by atoms with Gasteiger partial charge in [-0.1, -0.05) is 18.2 Å². The van der Waals surface area contributed by atoms with E-state index in [-0.39, 0.29) is 24.1 Å². The van der Waals surface area contributed by atoms with E-state index in [1.807, 2.05) is 0 Å². The summed E-state index contributed by atoms with van der Waals surface area (Å²) in [5.41, 5.74) is 6.08. The van der Waals surface area contributed by atoms with E-state index in [1.165, 1.54) is 28.8 Å². The molecule has 1 aliphatic rings. The average Bonchev–Trinajstić information content (AvgIpc) is 2.85. The number of fused-ring (bicyclic) bond motifs is 1. The highest BCUT2D eigenvalue weighted by Crippen LogP contribution is 2.30. The fraction of sp³-hybridized carbons (Fsp3) is 0.333. The second-order valence-electron chi connectivity index (χ2n) is 8.80. The molecule has 0 radical (unpaired) electrons. The molecule has 1 saturated carbocycles. The van der Waals surface area contributed by atoms with Crippen molar-refractivity contribution in [1.82, 2.24) is 9.29 Å². The van der Waals surface area contributed by atoms with E-state index in [1.54, 1.807) is 24.3 Å². The van der Waals surface area contributed by atoms with Crippen LogP contribution >= 0.6 is 0 Å². The molecule has 1 unspecified atom stereocenters. The van der Waals surface area contributed by atoms with Gasteiger partial charge in [0.05, 0.1) is 22.1 Å². The number of sulfonamides is 1. The standard InChI is InChI=1S/C24H25N5O5S/c25-14-16-5-6-18-9-12-24(30)28(22(18)13-16)15-20(17-7-10-19(26)11-8-17)27-35(33,34)23-4-2-1-3-21(23)29(31)32/h1-6,9,12-13,17,19-20,27H,7-8,10-11,15,26H2/t17-,19-,20?. The van der Waals surface area contributed by atoms with Gasteiger partial charge in [-0.05, 0) is 61.3 Å². The third-order valence-electron chi connectivity index (χ3n) is 6.54. The summed E-state index contributed by atoms with van der Waals surface area (Å²) in [5.74, 6) is -0.131. The van der Waals surface area contributed by atoms with Crippen molar-refractivity contribution in [1.29, 1.82) is 5.26 Å². The molecule has 1 aliphatic carbocycles. The quantitative estimate of drug-likeness (QED) is 0.376. The molecular weight excluding hydrogens is 470 g/mol. The zero-order valence-corrected chi connectivity index (χ0v) is 19.6. The molecule has 0 saturated heterocycles. The summed E-state index contributed by atoms with van der Waals surface area (Å²) in [6.07, 6.45) is 2.71. The Hall–Kier alpha value is -3.59. The van der Waals surface area contributed by atoms with Crippen molar-refractivity contribution in [3.05, 3.63) is 80.6 Å². The molecular formula is C24H25N5O5S. The average molecular weight is 496 g/mol. The normalized spacial score (nSPS) is 19.2. The van der Waals surface area contributed by atoms with Crippen LogP contribution in [0.1, 0.15) is 31.2 Å². The van der Waals surface area contributed by atoms with E-state index >= 15 is 0 Å². The number of nitrogens with two attached hydrogens (primary N) is 1. The van der Waals surface area contributed by atoms with Crippen LogP contribution < -0.4 is 16.0 Å². The number of nitriles is 1. The fourth-order valence-electron chi connectivity index (χ4n) is 4.67. The van der Waals surface area contributed by atoms with Gasteiger partial charge in [-0.25, -0.2) is 13.1 Å². The van der Waals surface area contributed by atoms with E-state index in [4.69, 9.17) is 5.73 Å². The number of aromatic nitrogens is 1. The van der Waals surface area contributed by atoms with Gasteiger partial charge in [0, 0.05) is 30.8 Å². The van der Waals surface area contributed by atoms with Crippen LogP contribution in [-0.4, -0.2) is 30.0 Å². The first-order chi connectivity index (χ1) is 16.7. The largest absolute Gasteiger partial charge is 0.328 e. The van der Waals surface area contributed by atoms with Gasteiger partial charge >= 0.3 is 0 Å². The SMILES string of the molecule is N#Cc1ccc2ccc(=O)n(CC(NS(=O)(=O)c3ccccc3[N+](=O)[O-])[C@H]3CC[C@H](N)CC3)c2c1.